The third-order valence-electron chi connectivity index (χ3n) is 2.67. The molecule has 1 aromatic carbocycles. The highest BCUT2D eigenvalue weighted by Gasteiger charge is 2.13. The minimum atomic E-state index is -0.852. The molecule has 0 aliphatic heterocycles. The summed E-state index contributed by atoms with van der Waals surface area (Å²) in [5, 5.41) is 9.51. The summed E-state index contributed by atoms with van der Waals surface area (Å²) in [7, 11) is 1.67. The van der Waals surface area contributed by atoms with Crippen LogP contribution >= 0.6 is 0 Å². The molecule has 0 unspecified atom stereocenters. The van der Waals surface area contributed by atoms with Crippen molar-refractivity contribution in [3.63, 3.8) is 0 Å². The van der Waals surface area contributed by atoms with E-state index < -0.39 is 11.9 Å². The van der Waals surface area contributed by atoms with Crippen molar-refractivity contribution in [1.29, 1.82) is 0 Å². The van der Waals surface area contributed by atoms with Crippen LogP contribution in [0.25, 0.3) is 0 Å². The Bertz CT molecular complexity index is 421. The highest BCUT2D eigenvalue weighted by molar-refractivity contribution is 5.77. The number of rotatable bonds is 5. The number of halogens is 1. The van der Waals surface area contributed by atoms with E-state index in [0.29, 0.717) is 17.9 Å². The maximum atomic E-state index is 13.0. The molecule has 1 atom stereocenters. The molecule has 0 bridgehead atoms. The van der Waals surface area contributed by atoms with Gasteiger partial charge in [-0.25, -0.2) is 4.39 Å². The normalized spacial score (nSPS) is 12.1. The van der Waals surface area contributed by atoms with Gasteiger partial charge in [0.15, 0.2) is 6.61 Å². The molecule has 0 aromatic heterocycles. The first kappa shape index (κ1) is 14.4. The summed E-state index contributed by atoms with van der Waals surface area (Å²) in [4.78, 5) is 13.1. The predicted molar refractivity (Wildman–Crippen MR) is 65.8 cm³/mol. The van der Waals surface area contributed by atoms with Gasteiger partial charge in [-0.3, -0.25) is 4.79 Å². The van der Waals surface area contributed by atoms with Gasteiger partial charge in [-0.05, 0) is 32.0 Å². The Morgan fingerprint density at radius 3 is 2.78 bits per heavy atom. The van der Waals surface area contributed by atoms with Gasteiger partial charge in [0.25, 0.3) is 5.91 Å². The van der Waals surface area contributed by atoms with E-state index in [9.17, 15) is 14.3 Å². The SMILES string of the molecule is CCN(C)C(=O)COc1ccc(F)cc1[C@@H](C)O. The number of amides is 1. The molecule has 0 saturated carbocycles. The van der Waals surface area contributed by atoms with Crippen LogP contribution in [0.15, 0.2) is 18.2 Å². The molecule has 1 N–H and O–H groups in total. The number of hydrogen-bond acceptors (Lipinski definition) is 3. The molecule has 1 amide bonds. The van der Waals surface area contributed by atoms with E-state index in [4.69, 9.17) is 4.74 Å². The maximum absolute atomic E-state index is 13.0. The Labute approximate surface area is 106 Å². The number of aliphatic hydroxyl groups is 1. The lowest BCUT2D eigenvalue weighted by Gasteiger charge is -2.17. The minimum absolute atomic E-state index is 0.129. The zero-order chi connectivity index (χ0) is 13.7. The van der Waals surface area contributed by atoms with Gasteiger partial charge in [0.1, 0.15) is 11.6 Å². The summed E-state index contributed by atoms with van der Waals surface area (Å²) >= 11 is 0. The summed E-state index contributed by atoms with van der Waals surface area (Å²) < 4.78 is 18.4. The lowest BCUT2D eigenvalue weighted by atomic mass is 10.1. The quantitative estimate of drug-likeness (QED) is 0.871. The van der Waals surface area contributed by atoms with Crippen LogP contribution in [-0.4, -0.2) is 36.1 Å². The van der Waals surface area contributed by atoms with E-state index >= 15 is 0 Å². The van der Waals surface area contributed by atoms with Crippen molar-refractivity contribution in [2.45, 2.75) is 20.0 Å². The number of ether oxygens (including phenoxy) is 1. The van der Waals surface area contributed by atoms with Crippen LogP contribution in [0.3, 0.4) is 0 Å². The number of aliphatic hydroxyl groups excluding tert-OH is 1. The van der Waals surface area contributed by atoms with Crippen LogP contribution in [-0.2, 0) is 4.79 Å². The first-order valence-corrected chi connectivity index (χ1v) is 5.80. The van der Waals surface area contributed by atoms with E-state index in [1.54, 1.807) is 7.05 Å². The Balaban J connectivity index is 2.76. The van der Waals surface area contributed by atoms with Crippen molar-refractivity contribution < 1.29 is 19.0 Å². The Hall–Kier alpha value is -1.62. The fourth-order valence-corrected chi connectivity index (χ4v) is 1.40. The van der Waals surface area contributed by atoms with E-state index in [0.717, 1.165) is 0 Å². The molecule has 0 fully saturated rings. The average Bonchev–Trinajstić information content (AvgIpc) is 2.35. The number of hydrogen-bond donors (Lipinski definition) is 1. The fraction of sp³-hybridized carbons (Fsp3) is 0.462. The van der Waals surface area contributed by atoms with E-state index in [-0.39, 0.29) is 12.5 Å². The molecular weight excluding hydrogens is 237 g/mol. The van der Waals surface area contributed by atoms with Gasteiger partial charge >= 0.3 is 0 Å². The molecule has 100 valence electrons. The highest BCUT2D eigenvalue weighted by Crippen LogP contribution is 2.25. The maximum Gasteiger partial charge on any atom is 0.260 e. The predicted octanol–water partition coefficient (Wildman–Crippen LogP) is 1.74. The van der Waals surface area contributed by atoms with Gasteiger partial charge in [0, 0.05) is 19.2 Å². The summed E-state index contributed by atoms with van der Waals surface area (Å²) in [6.45, 7) is 3.84. The van der Waals surface area contributed by atoms with Crippen LogP contribution in [0.4, 0.5) is 4.39 Å². The smallest absolute Gasteiger partial charge is 0.260 e. The van der Waals surface area contributed by atoms with Crippen LogP contribution in [0.5, 0.6) is 5.75 Å². The molecule has 4 nitrogen and oxygen atoms in total. The molecule has 0 heterocycles. The van der Waals surface area contributed by atoms with E-state index in [2.05, 4.69) is 0 Å². The number of likely N-dealkylation sites (N-methyl/N-ethyl adjacent to an activating group) is 1. The first-order valence-electron chi connectivity index (χ1n) is 5.80. The van der Waals surface area contributed by atoms with Crippen molar-refractivity contribution >= 4 is 5.91 Å². The number of carbonyl (C=O) groups is 1. The largest absolute Gasteiger partial charge is 0.483 e. The lowest BCUT2D eigenvalue weighted by Crippen LogP contribution is -2.31. The van der Waals surface area contributed by atoms with Gasteiger partial charge in [0.05, 0.1) is 6.10 Å². The summed E-state index contributed by atoms with van der Waals surface area (Å²) in [6, 6.07) is 3.85. The van der Waals surface area contributed by atoms with Crippen LogP contribution < -0.4 is 4.74 Å². The third-order valence-corrected chi connectivity index (χ3v) is 2.67. The van der Waals surface area contributed by atoms with Crippen LogP contribution in [0, 0.1) is 5.82 Å². The second-order valence-electron chi connectivity index (χ2n) is 4.05. The highest BCUT2D eigenvalue weighted by atomic mass is 19.1. The topological polar surface area (TPSA) is 49.8 Å². The van der Waals surface area contributed by atoms with Gasteiger partial charge < -0.3 is 14.7 Å². The molecule has 0 saturated heterocycles. The van der Waals surface area contributed by atoms with Gasteiger partial charge in [-0.15, -0.1) is 0 Å². The molecular formula is C13H18FNO3. The zero-order valence-electron chi connectivity index (χ0n) is 10.8. The molecule has 0 aliphatic carbocycles. The second kappa shape index (κ2) is 6.35. The number of nitrogens with zero attached hydrogens (tertiary/aromatic N) is 1. The number of carbonyl (C=O) groups excluding carboxylic acids is 1. The van der Waals surface area contributed by atoms with E-state index in [1.807, 2.05) is 6.92 Å². The van der Waals surface area contributed by atoms with Crippen molar-refractivity contribution in [3.8, 4) is 5.75 Å². The lowest BCUT2D eigenvalue weighted by molar-refractivity contribution is -0.131. The summed E-state index contributed by atoms with van der Waals surface area (Å²) in [5.41, 5.74) is 0.335. The first-order chi connectivity index (χ1) is 8.45. The van der Waals surface area contributed by atoms with Crippen molar-refractivity contribution in [2.24, 2.45) is 0 Å². The zero-order valence-corrected chi connectivity index (χ0v) is 10.8. The minimum Gasteiger partial charge on any atom is -0.483 e. The van der Waals surface area contributed by atoms with Crippen molar-refractivity contribution in [3.05, 3.63) is 29.6 Å². The van der Waals surface area contributed by atoms with Crippen molar-refractivity contribution in [1.82, 2.24) is 4.90 Å². The van der Waals surface area contributed by atoms with Gasteiger partial charge in [-0.2, -0.15) is 0 Å². The Kier molecular flexibility index (Phi) is 5.09. The molecule has 0 radical (unpaired) electrons. The molecule has 1 rings (SSSR count). The molecule has 1 aromatic rings. The summed E-state index contributed by atoms with van der Waals surface area (Å²) in [5.74, 6) is -0.294. The molecule has 5 heteroatoms. The third kappa shape index (κ3) is 3.70. The van der Waals surface area contributed by atoms with Crippen molar-refractivity contribution in [2.75, 3.05) is 20.2 Å². The monoisotopic (exact) mass is 255 g/mol. The fourth-order valence-electron chi connectivity index (χ4n) is 1.40. The van der Waals surface area contributed by atoms with Gasteiger partial charge in [0.2, 0.25) is 0 Å². The number of benzene rings is 1. The van der Waals surface area contributed by atoms with Gasteiger partial charge in [-0.1, -0.05) is 0 Å². The van der Waals surface area contributed by atoms with Crippen LogP contribution in [0.2, 0.25) is 0 Å². The Morgan fingerprint density at radius 1 is 1.56 bits per heavy atom. The standard InChI is InChI=1S/C13H18FNO3/c1-4-15(3)13(17)8-18-12-6-5-10(14)7-11(12)9(2)16/h5-7,9,16H,4,8H2,1-3H3/t9-/m1/s1. The van der Waals surface area contributed by atoms with Crippen LogP contribution in [0.1, 0.15) is 25.5 Å². The summed E-state index contributed by atoms with van der Waals surface area (Å²) in [6.07, 6.45) is -0.852. The average molecular weight is 255 g/mol. The van der Waals surface area contributed by atoms with E-state index in [1.165, 1.54) is 30.0 Å². The molecule has 0 aliphatic rings. The Morgan fingerprint density at radius 2 is 2.22 bits per heavy atom. The second-order valence-corrected chi connectivity index (χ2v) is 4.05. The molecule has 18 heavy (non-hydrogen) atoms. The molecule has 0 spiro atoms.